The van der Waals surface area contributed by atoms with E-state index in [9.17, 15) is 14.4 Å². The van der Waals surface area contributed by atoms with Crippen LogP contribution in [0.1, 0.15) is 39.3 Å². The van der Waals surface area contributed by atoms with Crippen molar-refractivity contribution in [1.29, 1.82) is 0 Å². The molecule has 0 unspecified atom stereocenters. The number of benzene rings is 1. The zero-order valence-electron chi connectivity index (χ0n) is 20.6. The average Bonchev–Trinajstić information content (AvgIpc) is 3.42. The number of fused-ring (bicyclic) bond motifs is 2. The normalized spacial score (nSPS) is 24.7. The highest BCUT2D eigenvalue weighted by Crippen LogP contribution is 2.33. The van der Waals surface area contributed by atoms with Gasteiger partial charge in [-0.05, 0) is 49.5 Å². The van der Waals surface area contributed by atoms with Crippen LogP contribution in [0.5, 0.6) is 5.75 Å². The van der Waals surface area contributed by atoms with Crippen LogP contribution in [0.25, 0.3) is 0 Å². The number of nitrogens with one attached hydrogen (secondary N) is 1. The fourth-order valence-electron chi connectivity index (χ4n) is 5.09. The standard InChI is InChI=1S/C26H32N4O5S/c1-28-9-11-30(12-10-28)24(31)15-18-6-7-20-22(35-18)16-34-21-8-5-17(14-19(21)26(33)29(20)2)27-25(32)23-4-3-13-36-23/h3-5,8,13-14,18,20,22H,6-7,9-12,15-16H2,1-2H3,(H,27,32)/t18-,20-,22+/m0/s1. The minimum absolute atomic E-state index is 0.130. The summed E-state index contributed by atoms with van der Waals surface area (Å²) < 4.78 is 12.4. The highest BCUT2D eigenvalue weighted by atomic mass is 32.1. The summed E-state index contributed by atoms with van der Waals surface area (Å²) in [4.78, 5) is 45.2. The first-order valence-electron chi connectivity index (χ1n) is 12.4. The fraction of sp³-hybridized carbons (Fsp3) is 0.500. The SMILES string of the molecule is CN1CCN(C(=O)C[C@@H]2CC[C@H]3[C@@H](COc4ccc(NC(=O)c5cccs5)cc4C(=O)N3C)O2)CC1. The summed E-state index contributed by atoms with van der Waals surface area (Å²) in [5.74, 6) is 0.196. The first-order chi connectivity index (χ1) is 17.4. The molecule has 0 aliphatic carbocycles. The van der Waals surface area contributed by atoms with Crippen LogP contribution in [0.15, 0.2) is 35.7 Å². The van der Waals surface area contributed by atoms with Gasteiger partial charge in [-0.1, -0.05) is 6.07 Å². The van der Waals surface area contributed by atoms with Crippen molar-refractivity contribution in [1.82, 2.24) is 14.7 Å². The molecule has 36 heavy (non-hydrogen) atoms. The third-order valence-electron chi connectivity index (χ3n) is 7.27. The highest BCUT2D eigenvalue weighted by molar-refractivity contribution is 7.12. The molecule has 9 nitrogen and oxygen atoms in total. The van der Waals surface area contributed by atoms with E-state index in [0.717, 1.165) is 32.6 Å². The summed E-state index contributed by atoms with van der Waals surface area (Å²) in [6.07, 6.45) is 1.31. The number of rotatable bonds is 4. The molecule has 3 atom stereocenters. The van der Waals surface area contributed by atoms with Crippen molar-refractivity contribution in [2.45, 2.75) is 37.5 Å². The molecule has 2 saturated heterocycles. The maximum atomic E-state index is 13.4. The molecule has 3 aliphatic rings. The van der Waals surface area contributed by atoms with Crippen molar-refractivity contribution >= 4 is 34.7 Å². The van der Waals surface area contributed by atoms with E-state index in [1.165, 1.54) is 11.3 Å². The number of carbonyl (C=O) groups is 3. The molecule has 192 valence electrons. The largest absolute Gasteiger partial charge is 0.490 e. The van der Waals surface area contributed by atoms with Crippen LogP contribution in [-0.4, -0.2) is 97.6 Å². The van der Waals surface area contributed by atoms with Gasteiger partial charge < -0.3 is 29.5 Å². The molecule has 1 N–H and O–H groups in total. The van der Waals surface area contributed by atoms with E-state index < -0.39 is 0 Å². The van der Waals surface area contributed by atoms with Crippen molar-refractivity contribution in [3.63, 3.8) is 0 Å². The molecule has 0 saturated carbocycles. The lowest BCUT2D eigenvalue weighted by Crippen LogP contribution is -2.54. The van der Waals surface area contributed by atoms with Crippen LogP contribution in [0.3, 0.4) is 0 Å². The van der Waals surface area contributed by atoms with Gasteiger partial charge in [0.15, 0.2) is 0 Å². The van der Waals surface area contributed by atoms with Crippen LogP contribution < -0.4 is 10.1 Å². The van der Waals surface area contributed by atoms with E-state index >= 15 is 0 Å². The number of thiophene rings is 1. The molecule has 1 aromatic carbocycles. The Kier molecular flexibility index (Phi) is 7.27. The third kappa shape index (κ3) is 5.25. The Morgan fingerprint density at radius 2 is 1.92 bits per heavy atom. The molecule has 3 amide bonds. The monoisotopic (exact) mass is 512 g/mol. The number of amides is 3. The minimum Gasteiger partial charge on any atom is -0.490 e. The summed E-state index contributed by atoms with van der Waals surface area (Å²) in [5.41, 5.74) is 0.948. The number of hydrogen-bond acceptors (Lipinski definition) is 7. The average molecular weight is 513 g/mol. The zero-order valence-corrected chi connectivity index (χ0v) is 21.5. The predicted molar refractivity (Wildman–Crippen MR) is 137 cm³/mol. The Bertz CT molecular complexity index is 1120. The zero-order chi connectivity index (χ0) is 25.2. The van der Waals surface area contributed by atoms with Gasteiger partial charge in [0.25, 0.3) is 11.8 Å². The van der Waals surface area contributed by atoms with E-state index in [0.29, 0.717) is 34.7 Å². The smallest absolute Gasteiger partial charge is 0.265 e. The van der Waals surface area contributed by atoms with Crippen LogP contribution >= 0.6 is 11.3 Å². The van der Waals surface area contributed by atoms with E-state index in [4.69, 9.17) is 9.47 Å². The van der Waals surface area contributed by atoms with E-state index in [-0.39, 0.29) is 42.6 Å². The summed E-state index contributed by atoms with van der Waals surface area (Å²) >= 11 is 1.36. The molecule has 3 aliphatic heterocycles. The van der Waals surface area contributed by atoms with Crippen molar-refractivity contribution in [2.75, 3.05) is 52.2 Å². The van der Waals surface area contributed by atoms with Gasteiger partial charge in [-0.2, -0.15) is 0 Å². The molecular formula is C26H32N4O5S. The minimum atomic E-state index is -0.315. The first-order valence-corrected chi connectivity index (χ1v) is 13.3. The number of anilines is 1. The Morgan fingerprint density at radius 1 is 1.11 bits per heavy atom. The maximum absolute atomic E-state index is 13.4. The van der Waals surface area contributed by atoms with Crippen molar-refractivity contribution in [2.24, 2.45) is 0 Å². The van der Waals surface area contributed by atoms with Crippen molar-refractivity contribution in [3.05, 3.63) is 46.2 Å². The fourth-order valence-corrected chi connectivity index (χ4v) is 5.70. The first kappa shape index (κ1) is 24.7. The second kappa shape index (κ2) is 10.6. The number of piperazine rings is 1. The van der Waals surface area contributed by atoms with Gasteiger partial charge in [0, 0.05) is 38.9 Å². The quantitative estimate of drug-likeness (QED) is 0.677. The maximum Gasteiger partial charge on any atom is 0.265 e. The molecule has 1 aromatic heterocycles. The Morgan fingerprint density at radius 3 is 2.67 bits per heavy atom. The number of likely N-dealkylation sites (N-methyl/N-ethyl adjacent to an activating group) is 2. The van der Waals surface area contributed by atoms with E-state index in [1.54, 1.807) is 36.2 Å². The molecule has 5 rings (SSSR count). The lowest BCUT2D eigenvalue weighted by atomic mass is 9.94. The van der Waals surface area contributed by atoms with Gasteiger partial charge in [0.2, 0.25) is 5.91 Å². The Hall–Kier alpha value is -2.95. The molecule has 0 spiro atoms. The number of nitrogens with zero attached hydrogens (tertiary/aromatic N) is 3. The number of carbonyl (C=O) groups excluding carboxylic acids is 3. The molecule has 4 heterocycles. The summed E-state index contributed by atoms with van der Waals surface area (Å²) in [5, 5.41) is 4.70. The Labute approximate surface area is 214 Å². The molecule has 0 radical (unpaired) electrons. The second-order valence-electron chi connectivity index (χ2n) is 9.70. The summed E-state index contributed by atoms with van der Waals surface area (Å²) in [6, 6.07) is 8.54. The topological polar surface area (TPSA) is 91.4 Å². The van der Waals surface area contributed by atoms with Gasteiger partial charge in [-0.15, -0.1) is 11.3 Å². The molecule has 10 heteroatoms. The van der Waals surface area contributed by atoms with Gasteiger partial charge in [-0.3, -0.25) is 14.4 Å². The molecule has 2 fully saturated rings. The molecule has 0 bridgehead atoms. The van der Waals surface area contributed by atoms with Gasteiger partial charge in [0.1, 0.15) is 18.5 Å². The van der Waals surface area contributed by atoms with Gasteiger partial charge >= 0.3 is 0 Å². The molecule has 2 aromatic rings. The van der Waals surface area contributed by atoms with Crippen molar-refractivity contribution in [3.8, 4) is 5.75 Å². The van der Waals surface area contributed by atoms with Crippen LogP contribution in [0, 0.1) is 0 Å². The summed E-state index contributed by atoms with van der Waals surface area (Å²) in [7, 11) is 3.85. The van der Waals surface area contributed by atoms with E-state index in [1.807, 2.05) is 16.3 Å². The number of hydrogen-bond donors (Lipinski definition) is 1. The highest BCUT2D eigenvalue weighted by Gasteiger charge is 2.39. The van der Waals surface area contributed by atoms with Crippen LogP contribution in [0.2, 0.25) is 0 Å². The summed E-state index contributed by atoms with van der Waals surface area (Å²) in [6.45, 7) is 3.57. The Balaban J connectivity index is 1.25. The third-order valence-corrected chi connectivity index (χ3v) is 8.14. The van der Waals surface area contributed by atoms with E-state index in [2.05, 4.69) is 17.3 Å². The van der Waals surface area contributed by atoms with Crippen molar-refractivity contribution < 1.29 is 23.9 Å². The lowest BCUT2D eigenvalue weighted by molar-refractivity contribution is -0.144. The number of ether oxygens (including phenoxy) is 2. The predicted octanol–water partition coefficient (Wildman–Crippen LogP) is 2.55. The second-order valence-corrected chi connectivity index (χ2v) is 10.6. The van der Waals surface area contributed by atoms with Crippen LogP contribution in [-0.2, 0) is 9.53 Å². The van der Waals surface area contributed by atoms with Gasteiger partial charge in [-0.25, -0.2) is 0 Å². The van der Waals surface area contributed by atoms with Gasteiger partial charge in [0.05, 0.1) is 29.0 Å². The molecular weight excluding hydrogens is 480 g/mol. The lowest BCUT2D eigenvalue weighted by Gasteiger charge is -2.42. The van der Waals surface area contributed by atoms with Crippen LogP contribution in [0.4, 0.5) is 5.69 Å².